The van der Waals surface area contributed by atoms with Gasteiger partial charge >= 0.3 is 0 Å². The first-order chi connectivity index (χ1) is 8.04. The Morgan fingerprint density at radius 2 is 2.35 bits per heavy atom. The number of carbonyl (C=O) groups excluding carboxylic acids is 1. The van der Waals surface area contributed by atoms with Crippen molar-refractivity contribution in [3.05, 3.63) is 27.3 Å². The molecule has 4 nitrogen and oxygen atoms in total. The molecule has 0 radical (unpaired) electrons. The fourth-order valence-electron chi connectivity index (χ4n) is 1.23. The topological polar surface area (TPSA) is 58.6 Å². The minimum absolute atomic E-state index is 0.0132. The number of phenols is 1. The van der Waals surface area contributed by atoms with Gasteiger partial charge in [-0.1, -0.05) is 15.9 Å². The highest BCUT2D eigenvalue weighted by atomic mass is 127. The van der Waals surface area contributed by atoms with Crippen LogP contribution in [0, 0.1) is 3.57 Å². The summed E-state index contributed by atoms with van der Waals surface area (Å²) in [7, 11) is 1.60. The zero-order valence-corrected chi connectivity index (χ0v) is 13.0. The highest BCUT2D eigenvalue weighted by Crippen LogP contribution is 2.19. The van der Waals surface area contributed by atoms with Crippen LogP contribution in [0.25, 0.3) is 0 Å². The number of methoxy groups -OCH3 is 1. The van der Waals surface area contributed by atoms with Crippen molar-refractivity contribution in [3.8, 4) is 5.75 Å². The number of ether oxygens (including phenoxy) is 1. The van der Waals surface area contributed by atoms with Gasteiger partial charge in [-0.2, -0.15) is 0 Å². The summed E-state index contributed by atoms with van der Waals surface area (Å²) in [5.41, 5.74) is 0.286. The highest BCUT2D eigenvalue weighted by molar-refractivity contribution is 14.1. The lowest BCUT2D eigenvalue weighted by molar-refractivity contribution is 0.0947. The van der Waals surface area contributed by atoms with Crippen molar-refractivity contribution in [1.29, 1.82) is 0 Å². The van der Waals surface area contributed by atoms with Crippen molar-refractivity contribution >= 4 is 44.4 Å². The monoisotopic (exact) mass is 413 g/mol. The maximum Gasteiger partial charge on any atom is 0.255 e. The van der Waals surface area contributed by atoms with Crippen molar-refractivity contribution in [3.63, 3.8) is 0 Å². The number of aromatic hydroxyl groups is 1. The number of benzene rings is 1. The Bertz CT molecular complexity index is 400. The molecule has 1 atom stereocenters. The van der Waals surface area contributed by atoms with E-state index in [0.717, 1.165) is 3.57 Å². The Morgan fingerprint density at radius 3 is 3.00 bits per heavy atom. The Balaban J connectivity index is 2.61. The van der Waals surface area contributed by atoms with E-state index in [-0.39, 0.29) is 22.0 Å². The van der Waals surface area contributed by atoms with Gasteiger partial charge in [0, 0.05) is 17.2 Å². The zero-order chi connectivity index (χ0) is 12.8. The predicted octanol–water partition coefficient (Wildman–Crippen LogP) is 2.14. The fraction of sp³-hybridized carbons (Fsp3) is 0.364. The van der Waals surface area contributed by atoms with E-state index in [1.165, 1.54) is 6.07 Å². The minimum Gasteiger partial charge on any atom is -0.507 e. The van der Waals surface area contributed by atoms with E-state index in [1.54, 1.807) is 19.2 Å². The van der Waals surface area contributed by atoms with E-state index in [4.69, 9.17) is 4.74 Å². The number of nitrogens with one attached hydrogen (secondary N) is 1. The maximum atomic E-state index is 11.8. The number of carbonyl (C=O) groups is 1. The number of amides is 1. The van der Waals surface area contributed by atoms with Crippen LogP contribution in [-0.4, -0.2) is 36.1 Å². The minimum atomic E-state index is -0.290. The van der Waals surface area contributed by atoms with Gasteiger partial charge in [0.2, 0.25) is 0 Å². The second-order valence-electron chi connectivity index (χ2n) is 3.42. The van der Waals surface area contributed by atoms with Crippen molar-refractivity contribution in [1.82, 2.24) is 5.32 Å². The third kappa shape index (κ3) is 4.81. The Morgan fingerprint density at radius 1 is 1.65 bits per heavy atom. The predicted molar refractivity (Wildman–Crippen MR) is 77.7 cm³/mol. The van der Waals surface area contributed by atoms with Crippen LogP contribution in [0.15, 0.2) is 18.2 Å². The summed E-state index contributed by atoms with van der Waals surface area (Å²) in [6.45, 7) is 0.955. The van der Waals surface area contributed by atoms with E-state index in [2.05, 4.69) is 43.8 Å². The molecule has 1 amide bonds. The molecule has 0 fully saturated rings. The van der Waals surface area contributed by atoms with Gasteiger partial charge in [-0.25, -0.2) is 0 Å². The summed E-state index contributed by atoms with van der Waals surface area (Å²) in [6, 6.07) is 4.90. The van der Waals surface area contributed by atoms with Gasteiger partial charge in [0.1, 0.15) is 5.75 Å². The second-order valence-corrected chi connectivity index (χ2v) is 5.96. The lowest BCUT2D eigenvalue weighted by Crippen LogP contribution is -2.31. The quantitative estimate of drug-likeness (QED) is 0.574. The Labute approximate surface area is 122 Å². The first kappa shape index (κ1) is 14.7. The summed E-state index contributed by atoms with van der Waals surface area (Å²) in [6.07, 6.45) is 0. The number of rotatable bonds is 5. The molecule has 0 saturated heterocycles. The number of phenolic OH excluding ortho intramolecular Hbond substituents is 1. The molecule has 0 aliphatic carbocycles. The average Bonchev–Trinajstić information content (AvgIpc) is 2.29. The van der Waals surface area contributed by atoms with Gasteiger partial charge < -0.3 is 15.2 Å². The van der Waals surface area contributed by atoms with Crippen LogP contribution in [0.4, 0.5) is 0 Å². The number of hydrogen-bond donors (Lipinski definition) is 2. The average molecular weight is 414 g/mol. The van der Waals surface area contributed by atoms with Crippen LogP contribution in [0.5, 0.6) is 5.75 Å². The van der Waals surface area contributed by atoms with Crippen molar-refractivity contribution in [2.24, 2.45) is 0 Å². The summed E-state index contributed by atoms with van der Waals surface area (Å²) in [5.74, 6) is -0.303. The molecule has 6 heteroatoms. The summed E-state index contributed by atoms with van der Waals surface area (Å²) in [4.78, 5) is 11.8. The smallest absolute Gasteiger partial charge is 0.255 e. The molecule has 0 bridgehead atoms. The van der Waals surface area contributed by atoms with Gasteiger partial charge in [0.05, 0.1) is 17.0 Å². The second kappa shape index (κ2) is 7.17. The number of alkyl halides is 1. The lowest BCUT2D eigenvalue weighted by atomic mass is 10.2. The third-order valence-corrected chi connectivity index (χ3v) is 3.29. The molecule has 17 heavy (non-hydrogen) atoms. The molecule has 94 valence electrons. The fourth-order valence-corrected chi connectivity index (χ4v) is 2.15. The van der Waals surface area contributed by atoms with E-state index in [9.17, 15) is 9.90 Å². The Kier molecular flexibility index (Phi) is 6.21. The molecule has 0 aliphatic rings. The van der Waals surface area contributed by atoms with Gasteiger partial charge in [-0.05, 0) is 40.8 Å². The van der Waals surface area contributed by atoms with Gasteiger partial charge in [0.15, 0.2) is 0 Å². The van der Waals surface area contributed by atoms with E-state index in [0.29, 0.717) is 13.2 Å². The van der Waals surface area contributed by atoms with Crippen LogP contribution >= 0.6 is 38.5 Å². The van der Waals surface area contributed by atoms with Crippen LogP contribution < -0.4 is 5.32 Å². The largest absolute Gasteiger partial charge is 0.507 e. The highest BCUT2D eigenvalue weighted by Gasteiger charge is 2.12. The molecule has 2 N–H and O–H groups in total. The van der Waals surface area contributed by atoms with E-state index in [1.807, 2.05) is 0 Å². The Hall–Kier alpha value is -0.340. The van der Waals surface area contributed by atoms with Gasteiger partial charge in [0.25, 0.3) is 5.91 Å². The molecule has 0 saturated carbocycles. The molecule has 0 heterocycles. The van der Waals surface area contributed by atoms with Crippen molar-refractivity contribution in [2.45, 2.75) is 4.83 Å². The zero-order valence-electron chi connectivity index (χ0n) is 9.24. The van der Waals surface area contributed by atoms with Crippen LogP contribution in [-0.2, 0) is 4.74 Å². The standard InChI is InChI=1S/C11H13BrINO3/c1-17-6-7(12)5-14-11(16)9-4-8(13)2-3-10(9)15/h2-4,7,15H,5-6H2,1H3,(H,14,16). The molecule has 1 rings (SSSR count). The van der Waals surface area contributed by atoms with Gasteiger partial charge in [-0.15, -0.1) is 0 Å². The molecular formula is C11H13BrINO3. The first-order valence-corrected chi connectivity index (χ1v) is 6.93. The first-order valence-electron chi connectivity index (χ1n) is 4.94. The summed E-state index contributed by atoms with van der Waals surface area (Å²) >= 11 is 5.46. The molecule has 1 aromatic carbocycles. The van der Waals surface area contributed by atoms with Crippen LogP contribution in [0.2, 0.25) is 0 Å². The molecule has 0 aromatic heterocycles. The molecular weight excluding hydrogens is 401 g/mol. The lowest BCUT2D eigenvalue weighted by Gasteiger charge is -2.11. The van der Waals surface area contributed by atoms with Crippen molar-refractivity contribution < 1.29 is 14.6 Å². The van der Waals surface area contributed by atoms with Gasteiger partial charge in [-0.3, -0.25) is 4.79 Å². The summed E-state index contributed by atoms with van der Waals surface area (Å²) < 4.78 is 5.84. The van der Waals surface area contributed by atoms with Crippen molar-refractivity contribution in [2.75, 3.05) is 20.3 Å². The van der Waals surface area contributed by atoms with Crippen LogP contribution in [0.1, 0.15) is 10.4 Å². The molecule has 0 aliphatic heterocycles. The molecule has 1 unspecified atom stereocenters. The maximum absolute atomic E-state index is 11.8. The SMILES string of the molecule is COCC(Br)CNC(=O)c1cc(I)ccc1O. The molecule has 1 aromatic rings. The number of halogens is 2. The third-order valence-electron chi connectivity index (χ3n) is 2.03. The van der Waals surface area contributed by atoms with E-state index < -0.39 is 0 Å². The molecule has 0 spiro atoms. The normalized spacial score (nSPS) is 12.2. The van der Waals surface area contributed by atoms with Crippen LogP contribution in [0.3, 0.4) is 0 Å². The summed E-state index contributed by atoms with van der Waals surface area (Å²) in [5, 5.41) is 12.3. The van der Waals surface area contributed by atoms with E-state index >= 15 is 0 Å². The number of hydrogen-bond acceptors (Lipinski definition) is 3.